The zero-order valence-electron chi connectivity index (χ0n) is 17.7. The Morgan fingerprint density at radius 3 is 2.19 bits per heavy atom. The fourth-order valence-electron chi connectivity index (χ4n) is 4.20. The van der Waals surface area contributed by atoms with Gasteiger partial charge in [-0.15, -0.1) is 10.2 Å². The summed E-state index contributed by atoms with van der Waals surface area (Å²) in [6, 6.07) is 21.2. The third kappa shape index (κ3) is 3.48. The molecule has 0 fully saturated rings. The van der Waals surface area contributed by atoms with Crippen molar-refractivity contribution < 1.29 is 9.59 Å². The molecule has 0 saturated carbocycles. The largest absolute Gasteiger partial charge is 0.274 e. The van der Waals surface area contributed by atoms with Gasteiger partial charge in [-0.25, -0.2) is 0 Å². The fourth-order valence-corrected chi connectivity index (χ4v) is 4.90. The van der Waals surface area contributed by atoms with Crippen molar-refractivity contribution in [1.29, 1.82) is 0 Å². The van der Waals surface area contributed by atoms with Crippen LogP contribution in [0, 0.1) is 0 Å². The predicted molar refractivity (Wildman–Crippen MR) is 125 cm³/mol. The van der Waals surface area contributed by atoms with E-state index < -0.39 is 0 Å². The van der Waals surface area contributed by atoms with Crippen molar-refractivity contribution in [2.45, 2.75) is 24.9 Å². The number of carbonyl (C=O) groups is 2. The number of hydrogen-bond donors (Lipinski definition) is 0. The summed E-state index contributed by atoms with van der Waals surface area (Å²) in [4.78, 5) is 27.6. The molecule has 2 amide bonds. The van der Waals surface area contributed by atoms with Crippen LogP contribution in [-0.4, -0.2) is 43.8 Å². The van der Waals surface area contributed by atoms with Crippen LogP contribution in [0.3, 0.4) is 0 Å². The van der Waals surface area contributed by atoms with Crippen molar-refractivity contribution in [3.8, 4) is 5.69 Å². The molecule has 4 aromatic rings. The number of nitrogens with zero attached hydrogens (tertiary/aromatic N) is 4. The highest BCUT2D eigenvalue weighted by Crippen LogP contribution is 2.30. The van der Waals surface area contributed by atoms with E-state index in [1.807, 2.05) is 54.6 Å². The van der Waals surface area contributed by atoms with Gasteiger partial charge in [-0.2, -0.15) is 0 Å². The summed E-state index contributed by atoms with van der Waals surface area (Å²) in [5.74, 6) is 1.26. The van der Waals surface area contributed by atoms with E-state index in [1.54, 1.807) is 23.9 Å². The monoisotopic (exact) mass is 442 g/mol. The van der Waals surface area contributed by atoms with E-state index >= 15 is 0 Å². The summed E-state index contributed by atoms with van der Waals surface area (Å²) in [6.45, 7) is 2.42. The molecular weight excluding hydrogens is 420 g/mol. The number of aryl methyl sites for hydroxylation is 1. The molecule has 0 bridgehead atoms. The number of benzene rings is 3. The molecule has 160 valence electrons. The first-order valence-electron chi connectivity index (χ1n) is 10.7. The van der Waals surface area contributed by atoms with Crippen molar-refractivity contribution >= 4 is 34.3 Å². The highest BCUT2D eigenvalue weighted by Gasteiger charge is 2.32. The van der Waals surface area contributed by atoms with E-state index in [4.69, 9.17) is 0 Å². The molecule has 0 N–H and O–H groups in total. The number of aromatic nitrogens is 3. The molecule has 1 aromatic heterocycles. The van der Waals surface area contributed by atoms with Gasteiger partial charge in [0.1, 0.15) is 5.82 Å². The smallest absolute Gasteiger partial charge is 0.261 e. The third-order valence-corrected chi connectivity index (χ3v) is 6.44. The average molecular weight is 443 g/mol. The van der Waals surface area contributed by atoms with E-state index in [2.05, 4.69) is 21.7 Å². The Bertz CT molecular complexity index is 1270. The van der Waals surface area contributed by atoms with Crippen LogP contribution in [0.15, 0.2) is 71.9 Å². The number of imide groups is 1. The molecule has 0 aliphatic carbocycles. The van der Waals surface area contributed by atoms with Crippen molar-refractivity contribution in [3.05, 3.63) is 83.7 Å². The zero-order chi connectivity index (χ0) is 22.1. The first kappa shape index (κ1) is 20.5. The molecule has 0 spiro atoms. The SMILES string of the molecule is CCSc1nnc(CCCN2C(=O)c3cccc4cccc(c34)C2=O)n1-c1ccccc1. The van der Waals surface area contributed by atoms with Crippen molar-refractivity contribution in [2.75, 3.05) is 12.3 Å². The van der Waals surface area contributed by atoms with Gasteiger partial charge in [0.25, 0.3) is 11.8 Å². The lowest BCUT2D eigenvalue weighted by Crippen LogP contribution is -2.41. The minimum absolute atomic E-state index is 0.231. The van der Waals surface area contributed by atoms with Crippen LogP contribution in [0.5, 0.6) is 0 Å². The standard InChI is InChI=1S/C25H22N4O2S/c1-2-32-25-27-26-21(29(25)18-11-4-3-5-12-18)15-8-16-28-23(30)19-13-6-9-17-10-7-14-20(22(17)19)24(28)31/h3-7,9-14H,2,8,15-16H2,1H3. The van der Waals surface area contributed by atoms with Gasteiger partial charge in [-0.1, -0.05) is 61.2 Å². The lowest BCUT2D eigenvalue weighted by molar-refractivity contribution is 0.0608. The maximum atomic E-state index is 13.1. The van der Waals surface area contributed by atoms with Gasteiger partial charge in [-0.05, 0) is 41.8 Å². The number of thioether (sulfide) groups is 1. The second kappa shape index (κ2) is 8.59. The van der Waals surface area contributed by atoms with Gasteiger partial charge in [0, 0.05) is 35.2 Å². The van der Waals surface area contributed by atoms with Crippen LogP contribution >= 0.6 is 11.8 Å². The lowest BCUT2D eigenvalue weighted by atomic mass is 9.94. The normalized spacial score (nSPS) is 13.2. The van der Waals surface area contributed by atoms with E-state index in [-0.39, 0.29) is 11.8 Å². The van der Waals surface area contributed by atoms with E-state index in [9.17, 15) is 9.59 Å². The first-order chi connectivity index (χ1) is 15.7. The number of rotatable bonds is 7. The number of hydrogen-bond acceptors (Lipinski definition) is 5. The van der Waals surface area contributed by atoms with E-state index in [1.165, 1.54) is 4.90 Å². The molecule has 6 nitrogen and oxygen atoms in total. The maximum absolute atomic E-state index is 13.1. The lowest BCUT2D eigenvalue weighted by Gasteiger charge is -2.27. The van der Waals surface area contributed by atoms with Gasteiger partial charge in [0.15, 0.2) is 5.16 Å². The second-order valence-electron chi connectivity index (χ2n) is 7.58. The summed E-state index contributed by atoms with van der Waals surface area (Å²) in [5.41, 5.74) is 2.19. The summed E-state index contributed by atoms with van der Waals surface area (Å²) in [5, 5.41) is 11.3. The summed E-state index contributed by atoms with van der Waals surface area (Å²) in [7, 11) is 0. The van der Waals surface area contributed by atoms with Gasteiger partial charge < -0.3 is 0 Å². The molecule has 0 atom stereocenters. The minimum atomic E-state index is -0.231. The van der Waals surface area contributed by atoms with Gasteiger partial charge >= 0.3 is 0 Å². The van der Waals surface area contributed by atoms with Gasteiger partial charge in [0.05, 0.1) is 0 Å². The Morgan fingerprint density at radius 1 is 0.844 bits per heavy atom. The van der Waals surface area contributed by atoms with Gasteiger partial charge in [0.2, 0.25) is 0 Å². The predicted octanol–water partition coefficient (Wildman–Crippen LogP) is 4.76. The number of para-hydroxylation sites is 1. The van der Waals surface area contributed by atoms with Crippen LogP contribution in [0.2, 0.25) is 0 Å². The molecular formula is C25H22N4O2S. The Balaban J connectivity index is 1.38. The molecule has 0 radical (unpaired) electrons. The summed E-state index contributed by atoms with van der Waals surface area (Å²) >= 11 is 1.64. The Kier molecular flexibility index (Phi) is 5.49. The van der Waals surface area contributed by atoms with Crippen LogP contribution in [0.4, 0.5) is 0 Å². The first-order valence-corrected chi connectivity index (χ1v) is 11.7. The highest BCUT2D eigenvalue weighted by atomic mass is 32.2. The number of amides is 2. The summed E-state index contributed by atoms with van der Waals surface area (Å²) in [6.07, 6.45) is 1.21. The van der Waals surface area contributed by atoms with Crippen LogP contribution < -0.4 is 0 Å². The zero-order valence-corrected chi connectivity index (χ0v) is 18.5. The molecule has 5 rings (SSSR count). The molecule has 1 aliphatic heterocycles. The number of carbonyl (C=O) groups excluding carboxylic acids is 2. The molecule has 32 heavy (non-hydrogen) atoms. The van der Waals surface area contributed by atoms with E-state index in [0.717, 1.165) is 33.2 Å². The van der Waals surface area contributed by atoms with Crippen LogP contribution in [0.1, 0.15) is 39.9 Å². The Morgan fingerprint density at radius 2 is 1.53 bits per heavy atom. The Hall–Kier alpha value is -3.45. The van der Waals surface area contributed by atoms with E-state index in [0.29, 0.717) is 30.5 Å². The molecule has 3 aromatic carbocycles. The van der Waals surface area contributed by atoms with Crippen molar-refractivity contribution in [3.63, 3.8) is 0 Å². The average Bonchev–Trinajstić information content (AvgIpc) is 3.22. The molecule has 0 saturated heterocycles. The topological polar surface area (TPSA) is 68.1 Å². The molecule has 0 unspecified atom stereocenters. The molecule has 7 heteroatoms. The molecule has 1 aliphatic rings. The minimum Gasteiger partial charge on any atom is -0.274 e. The van der Waals surface area contributed by atoms with Crippen LogP contribution in [0.25, 0.3) is 16.5 Å². The van der Waals surface area contributed by atoms with Crippen molar-refractivity contribution in [1.82, 2.24) is 19.7 Å². The second-order valence-corrected chi connectivity index (χ2v) is 8.81. The summed E-state index contributed by atoms with van der Waals surface area (Å²) < 4.78 is 2.06. The van der Waals surface area contributed by atoms with Crippen LogP contribution in [-0.2, 0) is 6.42 Å². The molecule has 2 heterocycles. The fraction of sp³-hybridized carbons (Fsp3) is 0.200. The third-order valence-electron chi connectivity index (χ3n) is 5.63. The quantitative estimate of drug-likeness (QED) is 0.305. The highest BCUT2D eigenvalue weighted by molar-refractivity contribution is 7.99. The Labute approximate surface area is 190 Å². The van der Waals surface area contributed by atoms with Crippen molar-refractivity contribution in [2.24, 2.45) is 0 Å². The maximum Gasteiger partial charge on any atom is 0.261 e. The van der Waals surface area contributed by atoms with Gasteiger partial charge in [-0.3, -0.25) is 19.1 Å².